The highest BCUT2D eigenvalue weighted by Crippen LogP contribution is 2.67. The van der Waals surface area contributed by atoms with Crippen molar-refractivity contribution >= 4 is 41.9 Å². The number of hydrogen-bond donors (Lipinski definition) is 0. The molecule has 4 aromatic rings. The maximum Gasteiger partial charge on any atom is 0.107 e. The maximum atomic E-state index is 4.99. The third-order valence-electron chi connectivity index (χ3n) is 5.88. The first-order chi connectivity index (χ1) is 14.5. The van der Waals surface area contributed by atoms with Gasteiger partial charge in [-0.2, -0.15) is 10.0 Å². The molecule has 2 aromatic heterocycles. The Balaban J connectivity index is 2.02. The van der Waals surface area contributed by atoms with E-state index in [1.54, 1.807) is 0 Å². The van der Waals surface area contributed by atoms with Crippen molar-refractivity contribution in [2.75, 3.05) is 12.5 Å². The zero-order chi connectivity index (χ0) is 20.9. The Morgan fingerprint density at radius 3 is 1.47 bits per heavy atom. The second-order valence-corrected chi connectivity index (χ2v) is 12.9. The van der Waals surface area contributed by atoms with Crippen molar-refractivity contribution in [1.82, 2.24) is 9.97 Å². The van der Waals surface area contributed by atoms with Crippen LogP contribution < -0.4 is 0 Å². The number of hydrogen-bond acceptors (Lipinski definition) is 2. The first kappa shape index (κ1) is 20.0. The van der Waals surface area contributed by atoms with Gasteiger partial charge in [-0.15, -0.1) is 0 Å². The summed E-state index contributed by atoms with van der Waals surface area (Å²) in [6.07, 6.45) is 4.77. The molecule has 0 bridgehead atoms. The summed E-state index contributed by atoms with van der Waals surface area (Å²) in [6.45, 7) is 0. The monoisotopic (exact) mass is 538 g/mol. The Labute approximate surface area is 195 Å². The van der Waals surface area contributed by atoms with E-state index in [0.29, 0.717) is 0 Å². The molecule has 0 N–H and O–H groups in total. The molecular weight excluding hydrogens is 520 g/mol. The van der Waals surface area contributed by atoms with E-state index >= 15 is 0 Å². The summed E-state index contributed by atoms with van der Waals surface area (Å²) >= 11 is 7.21. The Hall–Kier alpha value is -1.95. The van der Waals surface area contributed by atoms with E-state index in [4.69, 9.17) is 9.97 Å². The number of benzene rings is 2. The lowest BCUT2D eigenvalue weighted by Gasteiger charge is -2.48. The quantitative estimate of drug-likeness (QED) is 0.252. The molecule has 0 spiro atoms. The summed E-state index contributed by atoms with van der Waals surface area (Å²) in [5.74, 6) is 0. The lowest BCUT2D eigenvalue weighted by Crippen LogP contribution is -2.38. The first-order valence-electron chi connectivity index (χ1n) is 9.64. The normalized spacial score (nSPS) is 16.9. The number of nitrogens with zero attached hydrogens (tertiary/aromatic N) is 2. The minimum Gasteiger partial charge on any atom is -0.244 e. The van der Waals surface area contributed by atoms with Gasteiger partial charge in [0.1, 0.15) is 14.6 Å². The van der Waals surface area contributed by atoms with Crippen LogP contribution in [0.5, 0.6) is 0 Å². The van der Waals surface area contributed by atoms with Gasteiger partial charge in [0.05, 0.1) is 11.4 Å². The maximum absolute atomic E-state index is 4.99. The summed E-state index contributed by atoms with van der Waals surface area (Å²) in [5, 5.41) is 0. The van der Waals surface area contributed by atoms with Gasteiger partial charge in [-0.1, -0.05) is 48.5 Å². The summed E-state index contributed by atoms with van der Waals surface area (Å²) < 4.78 is 1.64. The molecule has 0 fully saturated rings. The largest absolute Gasteiger partial charge is 0.244 e. The molecular formula is C25H20Br2N2S. The second-order valence-electron chi connectivity index (χ2n) is 7.76. The Morgan fingerprint density at radius 2 is 1.03 bits per heavy atom. The van der Waals surface area contributed by atoms with Crippen molar-refractivity contribution in [2.24, 2.45) is 0 Å². The van der Waals surface area contributed by atoms with Crippen molar-refractivity contribution in [3.8, 4) is 0 Å². The average molecular weight is 540 g/mol. The van der Waals surface area contributed by atoms with Gasteiger partial charge in [-0.25, -0.2) is 9.97 Å². The number of aromatic nitrogens is 2. The minimum atomic E-state index is -1.19. The third-order valence-corrected chi connectivity index (χ3v) is 9.67. The van der Waals surface area contributed by atoms with E-state index in [9.17, 15) is 0 Å². The van der Waals surface area contributed by atoms with Crippen LogP contribution in [0.25, 0.3) is 0 Å². The summed E-state index contributed by atoms with van der Waals surface area (Å²) in [7, 11) is -1.19. The Morgan fingerprint density at radius 1 is 0.600 bits per heavy atom. The number of pyridine rings is 2. The van der Waals surface area contributed by atoms with Crippen LogP contribution in [0.1, 0.15) is 22.5 Å². The molecule has 0 atom stereocenters. The van der Waals surface area contributed by atoms with Crippen LogP contribution in [0.3, 0.4) is 0 Å². The number of halogens is 2. The molecule has 150 valence electrons. The Kier molecular flexibility index (Phi) is 4.88. The van der Waals surface area contributed by atoms with E-state index in [2.05, 4.69) is 117 Å². The number of rotatable bonds is 2. The van der Waals surface area contributed by atoms with Gasteiger partial charge in [0.15, 0.2) is 0 Å². The van der Waals surface area contributed by atoms with Crippen molar-refractivity contribution in [2.45, 2.75) is 15.2 Å². The standard InChI is InChI=1S/C25H20Br2N2S/c1-30(2)19-11-5-3-9-17(19)25(18-10-4-6-12-20(18)30,21-13-7-15-23(26)28-21)22-14-8-16-24(27)29-22/h3-16H,1-2H3. The highest BCUT2D eigenvalue weighted by Gasteiger charge is 2.49. The number of fused-ring (bicyclic) bond motifs is 2. The molecule has 0 saturated carbocycles. The molecule has 0 saturated heterocycles. The van der Waals surface area contributed by atoms with Crippen LogP contribution in [0, 0.1) is 0 Å². The molecule has 1 aliphatic heterocycles. The lowest BCUT2D eigenvalue weighted by atomic mass is 9.68. The van der Waals surface area contributed by atoms with E-state index in [-0.39, 0.29) is 0 Å². The van der Waals surface area contributed by atoms with Crippen molar-refractivity contribution in [3.63, 3.8) is 0 Å². The smallest absolute Gasteiger partial charge is 0.107 e. The zero-order valence-electron chi connectivity index (χ0n) is 16.6. The van der Waals surface area contributed by atoms with Gasteiger partial charge in [-0.3, -0.25) is 0 Å². The summed E-state index contributed by atoms with van der Waals surface area (Å²) in [6, 6.07) is 29.9. The zero-order valence-corrected chi connectivity index (χ0v) is 20.6. The predicted octanol–water partition coefficient (Wildman–Crippen LogP) is 7.18. The van der Waals surface area contributed by atoms with Gasteiger partial charge in [0.2, 0.25) is 0 Å². The van der Waals surface area contributed by atoms with Gasteiger partial charge in [-0.05, 0) is 102 Å². The summed E-state index contributed by atoms with van der Waals surface area (Å²) in [5.41, 5.74) is 3.87. The highest BCUT2D eigenvalue weighted by molar-refractivity contribution is 9.10. The minimum absolute atomic E-state index is 0.594. The van der Waals surface area contributed by atoms with Gasteiger partial charge in [0, 0.05) is 0 Å². The van der Waals surface area contributed by atoms with Gasteiger partial charge < -0.3 is 0 Å². The van der Waals surface area contributed by atoms with Crippen molar-refractivity contribution in [3.05, 3.63) is 117 Å². The predicted molar refractivity (Wildman–Crippen MR) is 132 cm³/mol. The molecule has 0 aliphatic carbocycles. The van der Waals surface area contributed by atoms with Gasteiger partial charge >= 0.3 is 0 Å². The summed E-state index contributed by atoms with van der Waals surface area (Å²) in [4.78, 5) is 12.7. The molecule has 2 aromatic carbocycles. The third kappa shape index (κ3) is 2.83. The van der Waals surface area contributed by atoms with Crippen LogP contribution in [0.2, 0.25) is 0 Å². The van der Waals surface area contributed by atoms with Crippen molar-refractivity contribution in [1.29, 1.82) is 0 Å². The van der Waals surface area contributed by atoms with E-state index in [1.807, 2.05) is 12.1 Å². The Bertz CT molecular complexity index is 1170. The van der Waals surface area contributed by atoms with E-state index < -0.39 is 15.4 Å². The van der Waals surface area contributed by atoms with Crippen LogP contribution >= 0.6 is 41.9 Å². The molecule has 0 amide bonds. The molecule has 5 heteroatoms. The van der Waals surface area contributed by atoms with Crippen molar-refractivity contribution < 1.29 is 0 Å². The van der Waals surface area contributed by atoms with Crippen LogP contribution in [-0.2, 0) is 5.41 Å². The fraction of sp³-hybridized carbons (Fsp3) is 0.120. The van der Waals surface area contributed by atoms with Crippen LogP contribution in [0.4, 0.5) is 0 Å². The van der Waals surface area contributed by atoms with Gasteiger partial charge in [0.25, 0.3) is 0 Å². The lowest BCUT2D eigenvalue weighted by molar-refractivity contribution is 0.648. The van der Waals surface area contributed by atoms with Crippen LogP contribution in [0.15, 0.2) is 104 Å². The average Bonchev–Trinajstić information content (AvgIpc) is 2.75. The molecule has 0 radical (unpaired) electrons. The molecule has 0 unspecified atom stereocenters. The SMILES string of the molecule is CS1(C)c2ccccc2C(c2cccc(Br)n2)(c2cccc(Br)n2)c2ccccc21. The molecule has 2 nitrogen and oxygen atoms in total. The fourth-order valence-electron chi connectivity index (χ4n) is 4.62. The molecule has 1 aliphatic rings. The fourth-order valence-corrected chi connectivity index (χ4v) is 7.93. The molecule has 30 heavy (non-hydrogen) atoms. The first-order valence-corrected chi connectivity index (χ1v) is 13.7. The van der Waals surface area contributed by atoms with Crippen LogP contribution in [-0.4, -0.2) is 22.5 Å². The molecule has 5 rings (SSSR count). The topological polar surface area (TPSA) is 25.8 Å². The van der Waals surface area contributed by atoms with E-state index in [0.717, 1.165) is 20.6 Å². The highest BCUT2D eigenvalue weighted by atomic mass is 79.9. The molecule has 3 heterocycles. The van der Waals surface area contributed by atoms with E-state index in [1.165, 1.54) is 20.9 Å². The second kappa shape index (κ2) is 7.33.